The maximum absolute atomic E-state index is 14.5. The number of benzene rings is 2. The SMILES string of the molecule is CO[C@H]1/C=C/C[C@H](C)CS(=O)(NC(=O)N2CC3(CCO3)C2)=NC(=O)c2ccc3c(c2)N(C[C@@H]2CC[C@H]21)C[C@@]1(CCCc2cc(Cl)ccc21)CO3. The van der Waals surface area contributed by atoms with Crippen molar-refractivity contribution in [2.45, 2.75) is 69.0 Å². The Hall–Kier alpha value is -3.12. The molecule has 2 saturated heterocycles. The fourth-order valence-corrected chi connectivity index (χ4v) is 11.1. The van der Waals surface area contributed by atoms with Gasteiger partial charge in [-0.1, -0.05) is 36.7 Å². The Morgan fingerprint density at radius 3 is 2.72 bits per heavy atom. The Bertz CT molecular complexity index is 1830. The van der Waals surface area contributed by atoms with Gasteiger partial charge in [0, 0.05) is 42.6 Å². The topological polar surface area (TPSA) is 110 Å². The van der Waals surface area contributed by atoms with E-state index < -0.39 is 21.9 Å². The van der Waals surface area contributed by atoms with E-state index in [-0.39, 0.29) is 28.8 Å². The summed E-state index contributed by atoms with van der Waals surface area (Å²) in [6.45, 7) is 5.59. The van der Waals surface area contributed by atoms with E-state index in [0.29, 0.717) is 55.9 Å². The molecule has 1 N–H and O–H groups in total. The number of aryl methyl sites for hydroxylation is 1. The van der Waals surface area contributed by atoms with Gasteiger partial charge in [-0.25, -0.2) is 9.00 Å². The lowest BCUT2D eigenvalue weighted by atomic mass is 9.68. The van der Waals surface area contributed by atoms with E-state index in [1.54, 1.807) is 18.1 Å². The monoisotopic (exact) mass is 722 g/mol. The predicted octanol–water partition coefficient (Wildman–Crippen LogP) is 6.16. The van der Waals surface area contributed by atoms with Gasteiger partial charge in [0.05, 0.1) is 43.8 Å². The van der Waals surface area contributed by atoms with Crippen molar-refractivity contribution in [3.8, 4) is 5.75 Å². The summed E-state index contributed by atoms with van der Waals surface area (Å²) in [5, 5.41) is 0.745. The first-order chi connectivity index (χ1) is 24.1. The minimum Gasteiger partial charge on any atom is -0.490 e. The van der Waals surface area contributed by atoms with Crippen molar-refractivity contribution >= 4 is 39.1 Å². The van der Waals surface area contributed by atoms with Crippen LogP contribution in [0.1, 0.15) is 66.9 Å². The van der Waals surface area contributed by atoms with Crippen LogP contribution >= 0.6 is 11.6 Å². The second kappa shape index (κ2) is 13.1. The van der Waals surface area contributed by atoms with Crippen molar-refractivity contribution in [3.63, 3.8) is 0 Å². The molecule has 6 atom stereocenters. The van der Waals surface area contributed by atoms with Crippen molar-refractivity contribution in [1.29, 1.82) is 0 Å². The predicted molar refractivity (Wildman–Crippen MR) is 193 cm³/mol. The van der Waals surface area contributed by atoms with E-state index in [9.17, 15) is 13.8 Å². The Morgan fingerprint density at radius 2 is 1.98 bits per heavy atom. The maximum Gasteiger partial charge on any atom is 0.330 e. The molecule has 12 heteroatoms. The number of allylic oxidation sites excluding steroid dienone is 1. The van der Waals surface area contributed by atoms with Crippen LogP contribution < -0.4 is 14.4 Å². The fraction of sp³-hybridized carbons (Fsp3) is 0.579. The molecule has 2 aromatic rings. The molecule has 2 aliphatic carbocycles. The number of nitrogens with zero attached hydrogens (tertiary/aromatic N) is 3. The summed E-state index contributed by atoms with van der Waals surface area (Å²) in [6.07, 6.45) is 10.9. The molecule has 50 heavy (non-hydrogen) atoms. The van der Waals surface area contributed by atoms with Crippen molar-refractivity contribution in [3.05, 3.63) is 70.3 Å². The van der Waals surface area contributed by atoms with Crippen LogP contribution in [0.5, 0.6) is 5.75 Å². The summed E-state index contributed by atoms with van der Waals surface area (Å²) < 4.78 is 39.8. The smallest absolute Gasteiger partial charge is 0.330 e. The van der Waals surface area contributed by atoms with E-state index in [1.165, 1.54) is 11.1 Å². The molecule has 0 radical (unpaired) electrons. The lowest BCUT2D eigenvalue weighted by molar-refractivity contribution is -0.208. The van der Waals surface area contributed by atoms with Gasteiger partial charge in [0.15, 0.2) is 0 Å². The third kappa shape index (κ3) is 6.33. The van der Waals surface area contributed by atoms with Crippen LogP contribution in [0.4, 0.5) is 10.5 Å². The highest BCUT2D eigenvalue weighted by Gasteiger charge is 2.51. The first-order valence-electron chi connectivity index (χ1n) is 18.1. The van der Waals surface area contributed by atoms with Crippen LogP contribution in [0.2, 0.25) is 5.02 Å². The third-order valence-electron chi connectivity index (χ3n) is 12.0. The van der Waals surface area contributed by atoms with Crippen molar-refractivity contribution in [2.75, 3.05) is 57.2 Å². The van der Waals surface area contributed by atoms with Gasteiger partial charge < -0.3 is 24.0 Å². The van der Waals surface area contributed by atoms with Crippen molar-refractivity contribution < 1.29 is 28.0 Å². The number of ether oxygens (including phenoxy) is 3. The number of urea groups is 1. The number of anilines is 1. The number of nitrogens with one attached hydrogen (secondary N) is 1. The normalized spacial score (nSPS) is 33.7. The number of methoxy groups -OCH3 is 1. The van der Waals surface area contributed by atoms with Gasteiger partial charge in [0.25, 0.3) is 5.91 Å². The molecule has 2 bridgehead atoms. The summed E-state index contributed by atoms with van der Waals surface area (Å²) in [5.41, 5.74) is 3.18. The van der Waals surface area contributed by atoms with Crippen LogP contribution in [-0.2, 0) is 31.2 Å². The highest BCUT2D eigenvalue weighted by molar-refractivity contribution is 7.92. The number of fused-ring (bicyclic) bond motifs is 4. The summed E-state index contributed by atoms with van der Waals surface area (Å²) in [4.78, 5) is 31.3. The van der Waals surface area contributed by atoms with Gasteiger partial charge in [0.1, 0.15) is 21.3 Å². The van der Waals surface area contributed by atoms with Crippen LogP contribution in [0.15, 0.2) is 52.9 Å². The summed E-state index contributed by atoms with van der Waals surface area (Å²) in [6, 6.07) is 11.2. The van der Waals surface area contributed by atoms with E-state index >= 15 is 0 Å². The molecule has 10 nitrogen and oxygen atoms in total. The number of hydrogen-bond acceptors (Lipinski definition) is 7. The van der Waals surface area contributed by atoms with Crippen molar-refractivity contribution in [2.24, 2.45) is 22.1 Å². The zero-order chi connectivity index (χ0) is 34.7. The van der Waals surface area contributed by atoms with Crippen LogP contribution in [0.25, 0.3) is 0 Å². The second-order valence-electron chi connectivity index (χ2n) is 15.5. The number of halogens is 1. The number of amides is 3. The zero-order valence-electron chi connectivity index (χ0n) is 28.9. The van der Waals surface area contributed by atoms with Gasteiger partial charge in [-0.3, -0.25) is 9.52 Å². The lowest BCUT2D eigenvalue weighted by Gasteiger charge is -2.54. The number of carbonyl (C=O) groups is 2. The highest BCUT2D eigenvalue weighted by Crippen LogP contribution is 2.47. The van der Waals surface area contributed by atoms with Gasteiger partial charge in [-0.15, -0.1) is 4.36 Å². The highest BCUT2D eigenvalue weighted by atomic mass is 35.5. The molecule has 4 heterocycles. The average Bonchev–Trinajstić information content (AvgIpc) is 3.17. The molecule has 1 unspecified atom stereocenters. The molecular formula is C38H47ClN4O6S. The van der Waals surface area contributed by atoms with Crippen LogP contribution in [0.3, 0.4) is 0 Å². The van der Waals surface area contributed by atoms with E-state index in [0.717, 1.165) is 62.3 Å². The Morgan fingerprint density at radius 1 is 1.14 bits per heavy atom. The number of carbonyl (C=O) groups excluding carboxylic acids is 2. The van der Waals surface area contributed by atoms with E-state index in [1.807, 2.05) is 25.1 Å². The van der Waals surface area contributed by atoms with E-state index in [4.69, 9.17) is 25.8 Å². The molecule has 6 aliphatic rings. The Labute approximate surface area is 300 Å². The Balaban J connectivity index is 1.17. The van der Waals surface area contributed by atoms with Gasteiger partial charge >= 0.3 is 6.03 Å². The first-order valence-corrected chi connectivity index (χ1v) is 20.1. The molecule has 2 spiro atoms. The summed E-state index contributed by atoms with van der Waals surface area (Å²) in [5.74, 6) is 0.773. The molecular weight excluding hydrogens is 676 g/mol. The largest absolute Gasteiger partial charge is 0.490 e. The molecule has 268 valence electrons. The molecule has 3 amide bonds. The van der Waals surface area contributed by atoms with Crippen LogP contribution in [0, 0.1) is 17.8 Å². The summed E-state index contributed by atoms with van der Waals surface area (Å²) >= 11 is 6.46. The number of hydrogen-bond donors (Lipinski definition) is 1. The minimum absolute atomic E-state index is 0.0418. The number of rotatable bonds is 2. The maximum atomic E-state index is 14.5. The average molecular weight is 723 g/mol. The Kier molecular flexibility index (Phi) is 8.93. The molecule has 1 saturated carbocycles. The van der Waals surface area contributed by atoms with Gasteiger partial charge in [-0.05, 0) is 97.7 Å². The standard InChI is InChI=1S/C38H47ClN4O6S/c1-25-5-3-7-33(47-2)30-11-8-28(30)19-42-21-37(14-4-6-26-17-29(39)10-12-31(26)37)24-48-34-13-9-27(18-32(34)42)35(44)40-50(46,20-25)41-36(45)43-22-38(23-43)15-16-49-38/h3,7,9-10,12-13,17-18,25,28,30,33H,4-6,8,11,14-16,19-24H2,1-2H3,(H,40,41,44,45,46)/b7-3+/t25-,28-,30+,33-,37-,50?/m0/s1. The molecule has 8 rings (SSSR count). The zero-order valence-corrected chi connectivity index (χ0v) is 30.5. The quantitative estimate of drug-likeness (QED) is 0.370. The van der Waals surface area contributed by atoms with Gasteiger partial charge in [-0.2, -0.15) is 0 Å². The molecule has 2 aromatic carbocycles. The third-order valence-corrected chi connectivity index (χ3v) is 14.2. The number of likely N-dealkylation sites (tertiary alicyclic amines) is 1. The fourth-order valence-electron chi connectivity index (χ4n) is 9.00. The second-order valence-corrected chi connectivity index (χ2v) is 17.9. The molecule has 4 aliphatic heterocycles. The molecule has 0 aromatic heterocycles. The van der Waals surface area contributed by atoms with Gasteiger partial charge in [0.2, 0.25) is 0 Å². The van der Waals surface area contributed by atoms with Crippen molar-refractivity contribution in [1.82, 2.24) is 9.62 Å². The van der Waals surface area contributed by atoms with Crippen LogP contribution in [-0.4, -0.2) is 85.0 Å². The summed E-state index contributed by atoms with van der Waals surface area (Å²) in [7, 11) is -1.70. The minimum atomic E-state index is -3.47. The first kappa shape index (κ1) is 34.0. The molecule has 3 fully saturated rings. The van der Waals surface area contributed by atoms with E-state index in [2.05, 4.69) is 38.3 Å². The lowest BCUT2D eigenvalue weighted by Crippen LogP contribution is -2.70.